The lowest BCUT2D eigenvalue weighted by atomic mass is 9.76. The predicted octanol–water partition coefficient (Wildman–Crippen LogP) is 2.54. The summed E-state index contributed by atoms with van der Waals surface area (Å²) in [5, 5.41) is 3.53. The van der Waals surface area contributed by atoms with Crippen molar-refractivity contribution in [2.75, 3.05) is 30.0 Å². The minimum Gasteiger partial charge on any atom is -0.306 e. The first-order chi connectivity index (χ1) is 14.5. The zero-order valence-electron chi connectivity index (χ0n) is 17.6. The predicted molar refractivity (Wildman–Crippen MR) is 119 cm³/mol. The maximum absolute atomic E-state index is 13.8. The number of para-hydroxylation sites is 1. The lowest BCUT2D eigenvalue weighted by Crippen LogP contribution is -2.55. The number of rotatable bonds is 8. The van der Waals surface area contributed by atoms with E-state index in [0.29, 0.717) is 13.1 Å². The first kappa shape index (κ1) is 21.1. The Morgan fingerprint density at radius 2 is 1.97 bits per heavy atom. The van der Waals surface area contributed by atoms with Gasteiger partial charge in [0.25, 0.3) is 5.91 Å². The highest BCUT2D eigenvalue weighted by molar-refractivity contribution is 7.98. The molecular formula is C23H29N3O3S. The van der Waals surface area contributed by atoms with Gasteiger partial charge in [0.2, 0.25) is 11.8 Å². The van der Waals surface area contributed by atoms with Crippen LogP contribution in [-0.4, -0.2) is 53.8 Å². The zero-order valence-corrected chi connectivity index (χ0v) is 18.4. The first-order valence-electron chi connectivity index (χ1n) is 10.7. The molecule has 3 heterocycles. The zero-order chi connectivity index (χ0) is 21.5. The molecule has 0 unspecified atom stereocenters. The summed E-state index contributed by atoms with van der Waals surface area (Å²) in [7, 11) is 0. The van der Waals surface area contributed by atoms with Gasteiger partial charge < -0.3 is 4.90 Å². The fourth-order valence-corrected chi connectivity index (χ4v) is 5.84. The number of fused-ring (bicyclic) bond motifs is 4. The summed E-state index contributed by atoms with van der Waals surface area (Å²) in [5.74, 6) is -0.815. The molecule has 1 spiro atoms. The number of benzene rings is 1. The average molecular weight is 428 g/mol. The van der Waals surface area contributed by atoms with Gasteiger partial charge in [-0.3, -0.25) is 24.6 Å². The van der Waals surface area contributed by atoms with E-state index in [1.807, 2.05) is 37.4 Å². The maximum atomic E-state index is 13.8. The largest absolute Gasteiger partial charge is 0.306 e. The number of carbonyl (C=O) groups excluding carboxylic acids is 3. The Bertz CT molecular complexity index is 888. The molecule has 0 aromatic heterocycles. The average Bonchev–Trinajstić information content (AvgIpc) is 3.31. The number of thioether (sulfide) groups is 1. The maximum Gasteiger partial charge on any atom is 0.253 e. The van der Waals surface area contributed by atoms with Crippen LogP contribution in [0, 0.1) is 11.8 Å². The molecule has 1 aromatic carbocycles. The van der Waals surface area contributed by atoms with Crippen LogP contribution >= 0.6 is 11.8 Å². The number of nitrogens with one attached hydrogen (secondary N) is 1. The number of carbonyl (C=O) groups is 3. The number of hydrogen-bond acceptors (Lipinski definition) is 5. The molecule has 0 saturated carbocycles. The van der Waals surface area contributed by atoms with Gasteiger partial charge in [0.15, 0.2) is 0 Å². The summed E-state index contributed by atoms with van der Waals surface area (Å²) in [6, 6.07) is 7.42. The lowest BCUT2D eigenvalue weighted by Gasteiger charge is -2.30. The van der Waals surface area contributed by atoms with Gasteiger partial charge >= 0.3 is 0 Å². The van der Waals surface area contributed by atoms with Crippen molar-refractivity contribution in [3.05, 3.63) is 42.5 Å². The Hall–Kier alpha value is -2.12. The molecule has 0 bridgehead atoms. The van der Waals surface area contributed by atoms with Crippen LogP contribution in [-0.2, 0) is 19.9 Å². The van der Waals surface area contributed by atoms with E-state index in [0.717, 1.165) is 36.3 Å². The summed E-state index contributed by atoms with van der Waals surface area (Å²) in [4.78, 5) is 43.9. The molecule has 0 radical (unpaired) electrons. The van der Waals surface area contributed by atoms with Crippen LogP contribution in [0.3, 0.4) is 0 Å². The van der Waals surface area contributed by atoms with Gasteiger partial charge in [0.05, 0.1) is 11.8 Å². The monoisotopic (exact) mass is 427 g/mol. The number of unbranched alkanes of at least 4 members (excludes halogenated alkanes) is 1. The molecule has 2 saturated heterocycles. The topological polar surface area (TPSA) is 69.7 Å². The molecule has 3 aliphatic rings. The van der Waals surface area contributed by atoms with E-state index < -0.39 is 17.4 Å². The standard InChI is InChI=1S/C23H29N3O3S/c1-4-6-13-26-20(27)18-16(11-14-30-3)24-23(19(18)21(26)28)15-9-7-8-10-17(15)25(12-5-2)22(23)29/h5,7-10,16,18-19,24H,2,4,6,11-14H2,1,3H3/t16-,18-,19+,23+/m1/s1. The number of nitrogens with zero attached hydrogens (tertiary/aromatic N) is 2. The van der Waals surface area contributed by atoms with E-state index in [1.165, 1.54) is 4.90 Å². The molecule has 7 heteroatoms. The molecule has 160 valence electrons. The normalized spacial score (nSPS) is 29.8. The van der Waals surface area contributed by atoms with Gasteiger partial charge in [-0.25, -0.2) is 0 Å². The van der Waals surface area contributed by atoms with Crippen LogP contribution in [0.4, 0.5) is 5.69 Å². The summed E-state index contributed by atoms with van der Waals surface area (Å²) >= 11 is 1.71. The van der Waals surface area contributed by atoms with Crippen molar-refractivity contribution in [1.82, 2.24) is 10.2 Å². The second-order valence-electron chi connectivity index (χ2n) is 8.25. The van der Waals surface area contributed by atoms with Crippen LogP contribution in [0.15, 0.2) is 36.9 Å². The highest BCUT2D eigenvalue weighted by Crippen LogP contribution is 2.55. The molecule has 1 aromatic rings. The van der Waals surface area contributed by atoms with Crippen LogP contribution < -0.4 is 10.2 Å². The molecule has 6 nitrogen and oxygen atoms in total. The van der Waals surface area contributed by atoms with Crippen molar-refractivity contribution in [2.24, 2.45) is 11.8 Å². The third-order valence-corrected chi connectivity index (χ3v) is 7.28. The molecule has 4 atom stereocenters. The van der Waals surface area contributed by atoms with Crippen molar-refractivity contribution in [3.8, 4) is 0 Å². The molecule has 2 fully saturated rings. The highest BCUT2D eigenvalue weighted by atomic mass is 32.2. The van der Waals surface area contributed by atoms with E-state index in [9.17, 15) is 14.4 Å². The molecule has 0 aliphatic carbocycles. The minimum absolute atomic E-state index is 0.124. The fourth-order valence-electron chi connectivity index (χ4n) is 5.35. The number of amides is 3. The number of hydrogen-bond donors (Lipinski definition) is 1. The minimum atomic E-state index is -1.18. The van der Waals surface area contributed by atoms with Gasteiger partial charge in [0, 0.05) is 30.4 Å². The Labute approximate surface area is 182 Å². The van der Waals surface area contributed by atoms with E-state index in [2.05, 4.69) is 11.9 Å². The third kappa shape index (κ3) is 2.86. The molecule has 30 heavy (non-hydrogen) atoms. The summed E-state index contributed by atoms with van der Waals surface area (Å²) in [6.45, 7) is 6.63. The molecular weight excluding hydrogens is 398 g/mol. The van der Waals surface area contributed by atoms with Crippen LogP contribution in [0.25, 0.3) is 0 Å². The molecule has 3 aliphatic heterocycles. The summed E-state index contributed by atoms with van der Waals surface area (Å²) < 4.78 is 0. The Morgan fingerprint density at radius 1 is 1.20 bits per heavy atom. The van der Waals surface area contributed by atoms with E-state index in [1.54, 1.807) is 22.7 Å². The van der Waals surface area contributed by atoms with Gasteiger partial charge in [-0.05, 0) is 30.9 Å². The van der Waals surface area contributed by atoms with E-state index in [-0.39, 0.29) is 23.8 Å². The lowest BCUT2D eigenvalue weighted by molar-refractivity contribution is -0.143. The van der Waals surface area contributed by atoms with Crippen LogP contribution in [0.1, 0.15) is 31.7 Å². The van der Waals surface area contributed by atoms with Crippen molar-refractivity contribution in [2.45, 2.75) is 37.8 Å². The van der Waals surface area contributed by atoms with E-state index >= 15 is 0 Å². The molecule has 1 N–H and O–H groups in total. The number of anilines is 1. The molecule has 4 rings (SSSR count). The second kappa shape index (κ2) is 8.19. The van der Waals surface area contributed by atoms with Crippen LogP contribution in [0.2, 0.25) is 0 Å². The second-order valence-corrected chi connectivity index (χ2v) is 9.23. The van der Waals surface area contributed by atoms with Crippen molar-refractivity contribution < 1.29 is 14.4 Å². The van der Waals surface area contributed by atoms with Crippen LogP contribution in [0.5, 0.6) is 0 Å². The smallest absolute Gasteiger partial charge is 0.253 e. The first-order valence-corrected chi connectivity index (χ1v) is 12.1. The van der Waals surface area contributed by atoms with E-state index in [4.69, 9.17) is 0 Å². The number of likely N-dealkylation sites (tertiary alicyclic amines) is 1. The summed E-state index contributed by atoms with van der Waals surface area (Å²) in [5.41, 5.74) is 0.421. The quantitative estimate of drug-likeness (QED) is 0.510. The van der Waals surface area contributed by atoms with Gasteiger partial charge in [-0.15, -0.1) is 6.58 Å². The Kier molecular flexibility index (Phi) is 5.77. The SMILES string of the molecule is C=CCN1C(=O)[C@]2(N[C@H](CCSC)[C@H]3C(=O)N(CCCC)C(=O)[C@H]32)c2ccccc21. The van der Waals surface area contributed by atoms with Crippen molar-refractivity contribution >= 4 is 35.2 Å². The van der Waals surface area contributed by atoms with Gasteiger partial charge in [-0.2, -0.15) is 11.8 Å². The highest BCUT2D eigenvalue weighted by Gasteiger charge is 2.71. The fraction of sp³-hybridized carbons (Fsp3) is 0.522. The summed E-state index contributed by atoms with van der Waals surface area (Å²) in [6.07, 6.45) is 6.14. The van der Waals surface area contributed by atoms with Gasteiger partial charge in [-0.1, -0.05) is 37.6 Å². The molecule has 3 amide bonds. The third-order valence-electron chi connectivity index (χ3n) is 6.64. The van der Waals surface area contributed by atoms with Crippen molar-refractivity contribution in [1.29, 1.82) is 0 Å². The Balaban J connectivity index is 1.83. The van der Waals surface area contributed by atoms with Gasteiger partial charge in [0.1, 0.15) is 5.54 Å². The number of imide groups is 1. The Morgan fingerprint density at radius 3 is 2.67 bits per heavy atom. The van der Waals surface area contributed by atoms with Crippen molar-refractivity contribution in [3.63, 3.8) is 0 Å².